The number of aromatic nitrogens is 2. The number of hydrogen-bond donors (Lipinski definition) is 4. The highest BCUT2D eigenvalue weighted by Crippen LogP contribution is 2.34. The summed E-state index contributed by atoms with van der Waals surface area (Å²) in [5.41, 5.74) is 3.79. The number of H-pyrrole nitrogens is 1. The number of nitrogens with zero attached hydrogens (tertiary/aromatic N) is 3. The van der Waals surface area contributed by atoms with Gasteiger partial charge in [-0.25, -0.2) is 4.98 Å². The van der Waals surface area contributed by atoms with Gasteiger partial charge in [0.2, 0.25) is 5.88 Å². The predicted octanol–water partition coefficient (Wildman–Crippen LogP) is 3.43. The van der Waals surface area contributed by atoms with Gasteiger partial charge >= 0.3 is 0 Å². The van der Waals surface area contributed by atoms with Gasteiger partial charge in [0.1, 0.15) is 17.9 Å². The van der Waals surface area contributed by atoms with Gasteiger partial charge in [-0.05, 0) is 64.2 Å². The molecule has 0 aliphatic carbocycles. The van der Waals surface area contributed by atoms with Gasteiger partial charge < -0.3 is 40.2 Å². The Kier molecular flexibility index (Phi) is 7.95. The van der Waals surface area contributed by atoms with E-state index in [2.05, 4.69) is 49.8 Å². The van der Waals surface area contributed by atoms with Crippen molar-refractivity contribution in [2.75, 3.05) is 74.8 Å². The summed E-state index contributed by atoms with van der Waals surface area (Å²) >= 11 is 0. The number of ether oxygens (including phenoxy) is 2. The van der Waals surface area contributed by atoms with Crippen molar-refractivity contribution >= 4 is 34.3 Å². The van der Waals surface area contributed by atoms with Gasteiger partial charge in [-0.1, -0.05) is 0 Å². The Morgan fingerprint density at radius 1 is 1.18 bits per heavy atom. The maximum atomic E-state index is 13.3. The smallest absolute Gasteiger partial charge is 0.263 e. The molecular weight excluding hydrogens is 510 g/mol. The summed E-state index contributed by atoms with van der Waals surface area (Å²) in [7, 11) is 5.94. The van der Waals surface area contributed by atoms with Gasteiger partial charge in [0, 0.05) is 56.4 Å². The number of hydrogen-bond acceptors (Lipinski definition) is 9. The van der Waals surface area contributed by atoms with Crippen LogP contribution in [-0.2, 0) is 4.74 Å². The van der Waals surface area contributed by atoms with Crippen molar-refractivity contribution in [1.29, 1.82) is 0 Å². The number of anilines is 5. The fourth-order valence-corrected chi connectivity index (χ4v) is 5.42. The fraction of sp³-hybridized carbons (Fsp3) is 0.414. The molecule has 4 heterocycles. The van der Waals surface area contributed by atoms with Crippen LogP contribution in [0.3, 0.4) is 0 Å². The van der Waals surface area contributed by atoms with Crippen molar-refractivity contribution in [3.05, 3.63) is 64.2 Å². The number of fused-ring (bicyclic) bond motifs is 1. The van der Waals surface area contributed by atoms with E-state index in [4.69, 9.17) is 9.47 Å². The van der Waals surface area contributed by atoms with Crippen LogP contribution in [0.2, 0.25) is 0 Å². The van der Waals surface area contributed by atoms with Gasteiger partial charge in [0.15, 0.2) is 0 Å². The summed E-state index contributed by atoms with van der Waals surface area (Å²) < 4.78 is 11.5. The maximum Gasteiger partial charge on any atom is 0.263 e. The highest BCUT2D eigenvalue weighted by molar-refractivity contribution is 6.08. The van der Waals surface area contributed by atoms with Crippen molar-refractivity contribution < 1.29 is 14.3 Å². The van der Waals surface area contributed by atoms with E-state index < -0.39 is 11.5 Å². The first-order valence-electron chi connectivity index (χ1n) is 13.5. The molecule has 5 rings (SSSR count). The van der Waals surface area contributed by atoms with Crippen molar-refractivity contribution in [1.82, 2.24) is 14.9 Å². The van der Waals surface area contributed by atoms with E-state index in [9.17, 15) is 9.59 Å². The van der Waals surface area contributed by atoms with Crippen LogP contribution >= 0.6 is 0 Å². The molecule has 0 unspecified atom stereocenters. The van der Waals surface area contributed by atoms with Crippen LogP contribution in [0.25, 0.3) is 0 Å². The SMILES string of the molecule is COC1(CN(C)C)CCN(c2ccc(NC(=O)c3c(Nc4cnc5c(c4C)NCCO5)cc[nH]c3=O)cc2)CC1. The zero-order chi connectivity index (χ0) is 28.3. The number of piperidine rings is 1. The number of methoxy groups -OCH3 is 1. The van der Waals surface area contributed by atoms with Gasteiger partial charge in [-0.15, -0.1) is 0 Å². The summed E-state index contributed by atoms with van der Waals surface area (Å²) in [5.74, 6) is 0.0337. The van der Waals surface area contributed by atoms with E-state index in [1.54, 1.807) is 19.4 Å². The number of pyridine rings is 2. The normalized spacial score (nSPS) is 16.1. The molecule has 1 amide bonds. The predicted molar refractivity (Wildman–Crippen MR) is 157 cm³/mol. The third-order valence-corrected chi connectivity index (χ3v) is 7.61. The van der Waals surface area contributed by atoms with Crippen LogP contribution in [0.5, 0.6) is 5.88 Å². The second-order valence-corrected chi connectivity index (χ2v) is 10.6. The highest BCUT2D eigenvalue weighted by Gasteiger charge is 2.35. The lowest BCUT2D eigenvalue weighted by molar-refractivity contribution is -0.0454. The lowest BCUT2D eigenvalue weighted by Gasteiger charge is -2.43. The molecule has 212 valence electrons. The molecule has 11 nitrogen and oxygen atoms in total. The minimum Gasteiger partial charge on any atom is -0.474 e. The van der Waals surface area contributed by atoms with E-state index in [0.717, 1.165) is 49.4 Å². The van der Waals surface area contributed by atoms with Crippen molar-refractivity contribution in [2.45, 2.75) is 25.4 Å². The van der Waals surface area contributed by atoms with Gasteiger partial charge in [0.25, 0.3) is 11.5 Å². The topological polar surface area (TPSA) is 124 Å². The van der Waals surface area contributed by atoms with E-state index in [-0.39, 0.29) is 11.2 Å². The molecule has 0 radical (unpaired) electrons. The fourth-order valence-electron chi connectivity index (χ4n) is 5.42. The molecule has 40 heavy (non-hydrogen) atoms. The summed E-state index contributed by atoms with van der Waals surface area (Å²) in [6.07, 6.45) is 5.03. The number of carbonyl (C=O) groups is 1. The molecule has 1 aromatic carbocycles. The van der Waals surface area contributed by atoms with Crippen LogP contribution in [-0.4, -0.2) is 80.4 Å². The Labute approximate surface area is 233 Å². The van der Waals surface area contributed by atoms with Crippen LogP contribution < -0.4 is 31.1 Å². The number of carbonyl (C=O) groups excluding carboxylic acids is 1. The first kappa shape index (κ1) is 27.5. The zero-order valence-corrected chi connectivity index (χ0v) is 23.5. The third kappa shape index (κ3) is 5.75. The van der Waals surface area contributed by atoms with E-state index in [1.807, 2.05) is 31.2 Å². The maximum absolute atomic E-state index is 13.3. The van der Waals surface area contributed by atoms with Crippen LogP contribution in [0.1, 0.15) is 28.8 Å². The van der Waals surface area contributed by atoms with Gasteiger partial charge in [0.05, 0.1) is 23.2 Å². The highest BCUT2D eigenvalue weighted by atomic mass is 16.5. The second kappa shape index (κ2) is 11.6. The Morgan fingerprint density at radius 3 is 2.62 bits per heavy atom. The number of likely N-dealkylation sites (N-methyl/N-ethyl adjacent to an activating group) is 1. The molecule has 4 N–H and O–H groups in total. The molecule has 0 atom stereocenters. The number of benzene rings is 1. The average molecular weight is 548 g/mol. The van der Waals surface area contributed by atoms with Crippen LogP contribution in [0, 0.1) is 6.92 Å². The molecule has 11 heteroatoms. The molecule has 2 aliphatic rings. The van der Waals surface area contributed by atoms with Crippen LogP contribution in [0.15, 0.2) is 47.5 Å². The van der Waals surface area contributed by atoms with E-state index in [0.29, 0.717) is 36.1 Å². The number of nitrogens with one attached hydrogen (secondary N) is 4. The summed E-state index contributed by atoms with van der Waals surface area (Å²) in [5, 5.41) is 9.38. The average Bonchev–Trinajstić information content (AvgIpc) is 2.95. The van der Waals surface area contributed by atoms with Gasteiger partial charge in [-0.2, -0.15) is 0 Å². The lowest BCUT2D eigenvalue weighted by atomic mass is 9.90. The second-order valence-electron chi connectivity index (χ2n) is 10.6. The van der Waals surface area contributed by atoms with E-state index in [1.165, 1.54) is 6.20 Å². The number of amides is 1. The Hall–Kier alpha value is -4.09. The Balaban J connectivity index is 1.28. The minimum atomic E-state index is -0.506. The minimum absolute atomic E-state index is 0.0132. The van der Waals surface area contributed by atoms with Crippen molar-refractivity contribution in [2.24, 2.45) is 0 Å². The molecule has 2 aromatic heterocycles. The molecule has 2 aliphatic heterocycles. The first-order valence-corrected chi connectivity index (χ1v) is 13.5. The third-order valence-electron chi connectivity index (χ3n) is 7.61. The molecule has 0 bridgehead atoms. The number of rotatable bonds is 8. The molecule has 0 saturated carbocycles. The summed E-state index contributed by atoms with van der Waals surface area (Å²) in [4.78, 5) is 37.5. The van der Waals surface area contributed by atoms with Crippen molar-refractivity contribution in [3.63, 3.8) is 0 Å². The number of aromatic amines is 1. The van der Waals surface area contributed by atoms with Crippen LogP contribution in [0.4, 0.5) is 28.4 Å². The summed E-state index contributed by atoms with van der Waals surface area (Å²) in [6.45, 7) is 5.83. The van der Waals surface area contributed by atoms with E-state index >= 15 is 0 Å². The Bertz CT molecular complexity index is 1410. The summed E-state index contributed by atoms with van der Waals surface area (Å²) in [6, 6.07) is 9.37. The molecule has 3 aromatic rings. The molecular formula is C29H37N7O4. The first-order chi connectivity index (χ1) is 19.3. The zero-order valence-electron chi connectivity index (χ0n) is 23.5. The molecule has 1 saturated heterocycles. The van der Waals surface area contributed by atoms with Gasteiger partial charge in [-0.3, -0.25) is 9.59 Å². The standard InChI is InChI=1S/C29H37N7O4/c1-19-23(17-32-28-25(19)30-13-16-40-28)34-22-9-12-31-26(37)24(22)27(38)33-20-5-7-21(8-6-20)36-14-10-29(39-4,11-15-36)18-35(2)3/h5-9,12,17,30H,10-11,13-16,18H2,1-4H3,(H,33,38)(H2,31,34,37). The Morgan fingerprint density at radius 2 is 1.93 bits per heavy atom. The molecule has 1 fully saturated rings. The van der Waals surface area contributed by atoms with Crippen molar-refractivity contribution in [3.8, 4) is 5.88 Å². The lowest BCUT2D eigenvalue weighted by Crippen LogP contribution is -2.51. The monoisotopic (exact) mass is 547 g/mol. The molecule has 0 spiro atoms. The quantitative estimate of drug-likeness (QED) is 0.336. The largest absolute Gasteiger partial charge is 0.474 e.